The topological polar surface area (TPSA) is 74.2 Å². The minimum absolute atomic E-state index is 0.0972. The molecule has 1 atom stereocenters. The van der Waals surface area contributed by atoms with Crippen molar-refractivity contribution in [3.8, 4) is 5.95 Å². The molecule has 0 spiro atoms. The molecule has 136 valence electrons. The Morgan fingerprint density at radius 1 is 1.36 bits per heavy atom. The molecule has 3 rings (SSSR count). The van der Waals surface area contributed by atoms with Gasteiger partial charge in [-0.2, -0.15) is 13.2 Å². The summed E-state index contributed by atoms with van der Waals surface area (Å²) in [5.41, 5.74) is -2.36. The molecule has 1 amide bonds. The van der Waals surface area contributed by atoms with Gasteiger partial charge >= 0.3 is 6.18 Å². The molecule has 0 radical (unpaired) electrons. The minimum Gasteiger partial charge on any atom is -0.373 e. The van der Waals surface area contributed by atoms with Crippen molar-refractivity contribution in [3.63, 3.8) is 0 Å². The summed E-state index contributed by atoms with van der Waals surface area (Å²) in [7, 11) is 0. The molecule has 2 N–H and O–H groups in total. The number of likely N-dealkylation sites (tertiary alicyclic amines) is 1. The van der Waals surface area contributed by atoms with Gasteiger partial charge in [-0.15, -0.1) is 0 Å². The summed E-state index contributed by atoms with van der Waals surface area (Å²) in [5.74, 6) is -0.529. The molecule has 2 aromatic rings. The molecule has 1 aliphatic heterocycles. The maximum absolute atomic E-state index is 12.8. The molecule has 2 aromatic heterocycles. The quantitative estimate of drug-likeness (QED) is 0.886. The van der Waals surface area contributed by atoms with E-state index in [9.17, 15) is 23.1 Å². The Balaban J connectivity index is 1.69. The van der Waals surface area contributed by atoms with Crippen LogP contribution < -0.4 is 0 Å². The number of amides is 1. The number of nitrogens with one attached hydrogen (secondary N) is 1. The van der Waals surface area contributed by atoms with E-state index in [2.05, 4.69) is 9.97 Å². The van der Waals surface area contributed by atoms with E-state index in [4.69, 9.17) is 0 Å². The second-order valence-corrected chi connectivity index (χ2v) is 6.35. The predicted octanol–water partition coefficient (Wildman–Crippen LogP) is 2.22. The highest BCUT2D eigenvalue weighted by molar-refractivity contribution is 5.85. The van der Waals surface area contributed by atoms with Crippen LogP contribution in [-0.4, -0.2) is 55.3 Å². The van der Waals surface area contributed by atoms with E-state index in [0.717, 1.165) is 10.6 Å². The van der Waals surface area contributed by atoms with E-state index < -0.39 is 17.7 Å². The Bertz CT molecular complexity index is 729. The van der Waals surface area contributed by atoms with Gasteiger partial charge in [0.2, 0.25) is 11.5 Å². The third kappa shape index (κ3) is 3.15. The number of imidazole rings is 1. The number of H-pyrrole nitrogens is 1. The number of aromatic amines is 1. The zero-order valence-electron chi connectivity index (χ0n) is 13.6. The van der Waals surface area contributed by atoms with Crippen molar-refractivity contribution in [1.29, 1.82) is 0 Å². The first-order valence-corrected chi connectivity index (χ1v) is 7.97. The van der Waals surface area contributed by atoms with Crippen molar-refractivity contribution in [3.05, 3.63) is 36.4 Å². The monoisotopic (exact) mass is 356 g/mol. The summed E-state index contributed by atoms with van der Waals surface area (Å²) in [6.07, 6.45) is 1.25. The van der Waals surface area contributed by atoms with Crippen molar-refractivity contribution in [2.75, 3.05) is 13.1 Å². The van der Waals surface area contributed by atoms with Crippen LogP contribution in [0.1, 0.15) is 31.4 Å². The third-order valence-electron chi connectivity index (χ3n) is 4.66. The zero-order valence-corrected chi connectivity index (χ0v) is 13.6. The number of hydrogen-bond donors (Lipinski definition) is 2. The van der Waals surface area contributed by atoms with Gasteiger partial charge in [0.05, 0.1) is 0 Å². The summed E-state index contributed by atoms with van der Waals surface area (Å²) >= 11 is 0. The maximum Gasteiger partial charge on any atom is 0.426 e. The van der Waals surface area contributed by atoms with Gasteiger partial charge in [0.1, 0.15) is 0 Å². The van der Waals surface area contributed by atoms with Crippen LogP contribution in [0.2, 0.25) is 0 Å². The number of rotatable bonds is 3. The third-order valence-corrected chi connectivity index (χ3v) is 4.66. The number of carbonyl (C=O) groups is 1. The minimum atomic E-state index is -4.99. The van der Waals surface area contributed by atoms with Crippen molar-refractivity contribution >= 4 is 5.91 Å². The molecule has 6 nitrogen and oxygen atoms in total. The molecule has 1 fully saturated rings. The molecule has 0 unspecified atom stereocenters. The van der Waals surface area contributed by atoms with Crippen LogP contribution in [-0.2, 0) is 4.79 Å². The Hall–Kier alpha value is -2.29. The van der Waals surface area contributed by atoms with Gasteiger partial charge < -0.3 is 15.0 Å². The number of nitrogens with zero attached hydrogens (tertiary/aromatic N) is 3. The fourth-order valence-corrected chi connectivity index (χ4v) is 3.12. The average molecular weight is 356 g/mol. The lowest BCUT2D eigenvalue weighted by Crippen LogP contribution is -2.57. The maximum atomic E-state index is 12.8. The van der Waals surface area contributed by atoms with Crippen molar-refractivity contribution in [2.45, 2.75) is 37.5 Å². The largest absolute Gasteiger partial charge is 0.426 e. The zero-order chi connectivity index (χ0) is 18.2. The second kappa shape index (κ2) is 6.21. The molecule has 0 aliphatic carbocycles. The number of aromatic nitrogens is 3. The van der Waals surface area contributed by atoms with Crippen molar-refractivity contribution < 1.29 is 23.1 Å². The van der Waals surface area contributed by atoms with E-state index >= 15 is 0 Å². The van der Waals surface area contributed by atoms with E-state index in [-0.39, 0.29) is 19.0 Å². The lowest BCUT2D eigenvalue weighted by Gasteiger charge is -2.37. The van der Waals surface area contributed by atoms with E-state index in [1.807, 2.05) is 22.9 Å². The summed E-state index contributed by atoms with van der Waals surface area (Å²) in [6.45, 7) is 0.835. The smallest absolute Gasteiger partial charge is 0.373 e. The number of aliphatic hydroxyl groups is 1. The fraction of sp³-hybridized carbons (Fsp3) is 0.500. The highest BCUT2D eigenvalue weighted by atomic mass is 19.4. The van der Waals surface area contributed by atoms with Gasteiger partial charge in [-0.05, 0) is 31.9 Å². The SMILES string of the molecule is C[C@@](O)(C(=O)N1CCC(c2cccn2-c2ncc[nH]2)CC1)C(F)(F)F. The molecule has 1 saturated heterocycles. The standard InChI is InChI=1S/C16H19F3N4O2/c1-15(25,16(17,18)19)13(24)22-9-4-11(5-10-22)12-3-2-8-23(12)14-20-6-7-21-14/h2-3,6-8,11,25H,4-5,9-10H2,1H3,(H,20,21)/t15-/m1/s1. The Kier molecular flexibility index (Phi) is 4.36. The summed E-state index contributed by atoms with van der Waals surface area (Å²) in [6, 6.07) is 3.82. The van der Waals surface area contributed by atoms with Gasteiger partial charge in [-0.1, -0.05) is 0 Å². The number of piperidine rings is 1. The highest BCUT2D eigenvalue weighted by Gasteiger charge is 2.57. The molecule has 9 heteroatoms. The Labute approximate surface area is 142 Å². The van der Waals surface area contributed by atoms with Crippen molar-refractivity contribution in [1.82, 2.24) is 19.4 Å². The van der Waals surface area contributed by atoms with E-state index in [1.54, 1.807) is 12.4 Å². The molecular weight excluding hydrogens is 337 g/mol. The molecule has 1 aliphatic rings. The molecule has 3 heterocycles. The summed E-state index contributed by atoms with van der Waals surface area (Å²) < 4.78 is 40.4. The highest BCUT2D eigenvalue weighted by Crippen LogP contribution is 2.34. The van der Waals surface area contributed by atoms with E-state index in [0.29, 0.717) is 25.7 Å². The van der Waals surface area contributed by atoms with Gasteiger partial charge in [0, 0.05) is 43.3 Å². The van der Waals surface area contributed by atoms with Crippen molar-refractivity contribution in [2.24, 2.45) is 0 Å². The lowest BCUT2D eigenvalue weighted by molar-refractivity contribution is -0.250. The van der Waals surface area contributed by atoms with E-state index in [1.165, 1.54) is 0 Å². The first-order chi connectivity index (χ1) is 11.7. The molecular formula is C16H19F3N4O2. The van der Waals surface area contributed by atoms with Crippen LogP contribution >= 0.6 is 0 Å². The number of carbonyl (C=O) groups excluding carboxylic acids is 1. The molecule has 0 saturated carbocycles. The van der Waals surface area contributed by atoms with Crippen LogP contribution in [0.3, 0.4) is 0 Å². The van der Waals surface area contributed by atoms with Crippen LogP contribution in [0.25, 0.3) is 5.95 Å². The first-order valence-electron chi connectivity index (χ1n) is 7.97. The van der Waals surface area contributed by atoms with Crippen LogP contribution in [0.15, 0.2) is 30.7 Å². The normalized spacial score (nSPS) is 19.0. The summed E-state index contributed by atoms with van der Waals surface area (Å²) in [5, 5.41) is 9.56. The molecule has 25 heavy (non-hydrogen) atoms. The molecule has 0 aromatic carbocycles. The van der Waals surface area contributed by atoms with Crippen LogP contribution in [0.4, 0.5) is 13.2 Å². The van der Waals surface area contributed by atoms with Crippen LogP contribution in [0.5, 0.6) is 0 Å². The average Bonchev–Trinajstić information content (AvgIpc) is 3.24. The number of alkyl halides is 3. The second-order valence-electron chi connectivity index (χ2n) is 6.35. The fourth-order valence-electron chi connectivity index (χ4n) is 3.12. The number of halogens is 3. The summed E-state index contributed by atoms with van der Waals surface area (Å²) in [4.78, 5) is 20.3. The van der Waals surface area contributed by atoms with Gasteiger partial charge in [-0.3, -0.25) is 9.36 Å². The number of hydrogen-bond acceptors (Lipinski definition) is 3. The van der Waals surface area contributed by atoms with Gasteiger partial charge in [0.15, 0.2) is 0 Å². The van der Waals surface area contributed by atoms with Gasteiger partial charge in [0.25, 0.3) is 5.91 Å². The molecule has 0 bridgehead atoms. The Morgan fingerprint density at radius 2 is 2.04 bits per heavy atom. The lowest BCUT2D eigenvalue weighted by atomic mass is 9.92. The predicted molar refractivity (Wildman–Crippen MR) is 83.1 cm³/mol. The Morgan fingerprint density at radius 3 is 2.60 bits per heavy atom. The first kappa shape index (κ1) is 17.5. The van der Waals surface area contributed by atoms with Crippen LogP contribution in [0, 0.1) is 0 Å². The van der Waals surface area contributed by atoms with Gasteiger partial charge in [-0.25, -0.2) is 4.98 Å².